The van der Waals surface area contributed by atoms with Gasteiger partial charge in [-0.2, -0.15) is 0 Å². The third kappa shape index (κ3) is 4.20. The molecule has 0 saturated carbocycles. The van der Waals surface area contributed by atoms with Crippen LogP contribution in [0.4, 0.5) is 18.9 Å². The van der Waals surface area contributed by atoms with Crippen molar-refractivity contribution in [3.8, 4) is 5.75 Å². The zero-order valence-corrected chi connectivity index (χ0v) is 8.47. The van der Waals surface area contributed by atoms with Gasteiger partial charge < -0.3 is 10.1 Å². The highest BCUT2D eigenvalue weighted by molar-refractivity contribution is 5.90. The van der Waals surface area contributed by atoms with Crippen molar-refractivity contribution in [2.24, 2.45) is 0 Å². The van der Waals surface area contributed by atoms with Crippen LogP contribution in [0.15, 0.2) is 24.3 Å². The summed E-state index contributed by atoms with van der Waals surface area (Å²) >= 11 is 0. The number of hydrogen-bond donors (Lipinski definition) is 1. The van der Waals surface area contributed by atoms with Gasteiger partial charge >= 0.3 is 6.36 Å². The lowest BCUT2D eigenvalue weighted by molar-refractivity contribution is -0.274. The summed E-state index contributed by atoms with van der Waals surface area (Å²) in [5.41, 5.74) is 0.432. The predicted octanol–water partition coefficient (Wildman–Crippen LogP) is 2.93. The summed E-state index contributed by atoms with van der Waals surface area (Å²) in [4.78, 5) is 11.0. The first kappa shape index (κ1) is 12.4. The van der Waals surface area contributed by atoms with Crippen molar-refractivity contribution < 1.29 is 22.7 Å². The molecule has 1 amide bonds. The standard InChI is InChI=1S/C10H10F3NO2/c1-2-9(15)14-7-3-5-8(6-4-7)16-10(11,12)13/h3-6H,2H2,1H3,(H,14,15). The summed E-state index contributed by atoms with van der Waals surface area (Å²) in [6.45, 7) is 1.68. The summed E-state index contributed by atoms with van der Waals surface area (Å²) in [7, 11) is 0. The minimum Gasteiger partial charge on any atom is -0.406 e. The van der Waals surface area contributed by atoms with Crippen molar-refractivity contribution in [1.29, 1.82) is 0 Å². The van der Waals surface area contributed by atoms with Gasteiger partial charge in [-0.15, -0.1) is 13.2 Å². The Kier molecular flexibility index (Phi) is 3.76. The molecule has 0 bridgehead atoms. The van der Waals surface area contributed by atoms with Gasteiger partial charge in [0.25, 0.3) is 0 Å². The second-order valence-corrected chi connectivity index (χ2v) is 2.97. The molecule has 0 aliphatic heterocycles. The first-order valence-corrected chi connectivity index (χ1v) is 4.56. The lowest BCUT2D eigenvalue weighted by Gasteiger charge is -2.09. The molecule has 1 aromatic rings. The van der Waals surface area contributed by atoms with Gasteiger partial charge in [-0.25, -0.2) is 0 Å². The molecule has 88 valence electrons. The van der Waals surface area contributed by atoms with E-state index in [1.807, 2.05) is 0 Å². The highest BCUT2D eigenvalue weighted by atomic mass is 19.4. The summed E-state index contributed by atoms with van der Waals surface area (Å²) in [6.07, 6.45) is -4.39. The minimum absolute atomic E-state index is 0.204. The third-order valence-corrected chi connectivity index (χ3v) is 1.69. The van der Waals surface area contributed by atoms with E-state index in [0.717, 1.165) is 12.1 Å². The van der Waals surface area contributed by atoms with Gasteiger partial charge in [-0.1, -0.05) is 6.92 Å². The summed E-state index contributed by atoms with van der Waals surface area (Å²) in [6, 6.07) is 4.96. The van der Waals surface area contributed by atoms with Crippen molar-refractivity contribution in [1.82, 2.24) is 0 Å². The van der Waals surface area contributed by atoms with E-state index >= 15 is 0 Å². The molecule has 0 radical (unpaired) electrons. The number of alkyl halides is 3. The number of amides is 1. The molecular formula is C10H10F3NO2. The Morgan fingerprint density at radius 1 is 1.31 bits per heavy atom. The van der Waals surface area contributed by atoms with Gasteiger partial charge in [-0.3, -0.25) is 4.79 Å². The number of halogens is 3. The molecule has 1 aromatic carbocycles. The number of anilines is 1. The highest BCUT2D eigenvalue weighted by Gasteiger charge is 2.30. The van der Waals surface area contributed by atoms with Crippen LogP contribution >= 0.6 is 0 Å². The molecule has 0 spiro atoms. The van der Waals surface area contributed by atoms with Gasteiger partial charge in [0.1, 0.15) is 5.75 Å². The van der Waals surface area contributed by atoms with Crippen LogP contribution in [0.3, 0.4) is 0 Å². The molecule has 0 aliphatic carbocycles. The Bertz CT molecular complexity index is 359. The topological polar surface area (TPSA) is 38.3 Å². The van der Waals surface area contributed by atoms with Crippen LogP contribution in [-0.4, -0.2) is 12.3 Å². The number of hydrogen-bond acceptors (Lipinski definition) is 2. The lowest BCUT2D eigenvalue weighted by atomic mass is 10.3. The molecule has 0 aliphatic rings. The average Bonchev–Trinajstić information content (AvgIpc) is 2.18. The Labute approximate surface area is 90.2 Å². The fraction of sp³-hybridized carbons (Fsp3) is 0.300. The van der Waals surface area contributed by atoms with Gasteiger partial charge in [0.15, 0.2) is 0 Å². The number of benzene rings is 1. The average molecular weight is 233 g/mol. The number of carbonyl (C=O) groups is 1. The lowest BCUT2D eigenvalue weighted by Crippen LogP contribution is -2.17. The van der Waals surface area contributed by atoms with Gasteiger partial charge in [0.05, 0.1) is 0 Å². The largest absolute Gasteiger partial charge is 0.573 e. The Hall–Kier alpha value is -1.72. The molecule has 0 fully saturated rings. The quantitative estimate of drug-likeness (QED) is 0.871. The molecule has 0 saturated heterocycles. The zero-order chi connectivity index (χ0) is 12.2. The fourth-order valence-electron chi connectivity index (χ4n) is 0.989. The highest BCUT2D eigenvalue weighted by Crippen LogP contribution is 2.23. The summed E-state index contributed by atoms with van der Waals surface area (Å²) in [5, 5.41) is 2.51. The van der Waals surface area contributed by atoms with E-state index in [1.165, 1.54) is 12.1 Å². The molecule has 1 rings (SSSR count). The third-order valence-electron chi connectivity index (χ3n) is 1.69. The summed E-state index contributed by atoms with van der Waals surface area (Å²) < 4.78 is 39.1. The molecule has 16 heavy (non-hydrogen) atoms. The van der Waals surface area contributed by atoms with Crippen LogP contribution in [0.25, 0.3) is 0 Å². The Morgan fingerprint density at radius 2 is 1.88 bits per heavy atom. The van der Waals surface area contributed by atoms with Crippen LogP contribution in [0, 0.1) is 0 Å². The Morgan fingerprint density at radius 3 is 2.31 bits per heavy atom. The van der Waals surface area contributed by atoms with Crippen LogP contribution in [0.5, 0.6) is 5.75 Å². The van der Waals surface area contributed by atoms with Crippen molar-refractivity contribution in [3.05, 3.63) is 24.3 Å². The van der Waals surface area contributed by atoms with Crippen LogP contribution < -0.4 is 10.1 Å². The van der Waals surface area contributed by atoms with Crippen LogP contribution in [0.2, 0.25) is 0 Å². The molecular weight excluding hydrogens is 223 g/mol. The second-order valence-electron chi connectivity index (χ2n) is 2.97. The van der Waals surface area contributed by atoms with Crippen molar-refractivity contribution in [3.63, 3.8) is 0 Å². The molecule has 0 heterocycles. The van der Waals surface area contributed by atoms with Crippen molar-refractivity contribution in [2.45, 2.75) is 19.7 Å². The van der Waals surface area contributed by atoms with E-state index in [0.29, 0.717) is 12.1 Å². The summed E-state index contributed by atoms with van der Waals surface area (Å²) in [5.74, 6) is -0.522. The normalized spacial score (nSPS) is 11.0. The van der Waals surface area contributed by atoms with Crippen molar-refractivity contribution in [2.75, 3.05) is 5.32 Å². The first-order chi connectivity index (χ1) is 7.40. The van der Waals surface area contributed by atoms with Gasteiger partial charge in [-0.05, 0) is 24.3 Å². The number of ether oxygens (including phenoxy) is 1. The van der Waals surface area contributed by atoms with Crippen LogP contribution in [-0.2, 0) is 4.79 Å². The van der Waals surface area contributed by atoms with E-state index in [1.54, 1.807) is 6.92 Å². The minimum atomic E-state index is -4.70. The van der Waals surface area contributed by atoms with E-state index in [2.05, 4.69) is 10.1 Å². The SMILES string of the molecule is CCC(=O)Nc1ccc(OC(F)(F)F)cc1. The molecule has 1 N–H and O–H groups in total. The maximum Gasteiger partial charge on any atom is 0.573 e. The maximum atomic E-state index is 11.8. The number of rotatable bonds is 3. The van der Waals surface area contributed by atoms with E-state index in [4.69, 9.17) is 0 Å². The van der Waals surface area contributed by atoms with Crippen LogP contribution in [0.1, 0.15) is 13.3 Å². The Balaban J connectivity index is 2.64. The maximum absolute atomic E-state index is 11.8. The van der Waals surface area contributed by atoms with Gasteiger partial charge in [0.2, 0.25) is 5.91 Å². The molecule has 0 aromatic heterocycles. The van der Waals surface area contributed by atoms with E-state index in [-0.39, 0.29) is 11.7 Å². The smallest absolute Gasteiger partial charge is 0.406 e. The first-order valence-electron chi connectivity index (χ1n) is 4.56. The fourth-order valence-corrected chi connectivity index (χ4v) is 0.989. The molecule has 3 nitrogen and oxygen atoms in total. The number of nitrogens with one attached hydrogen (secondary N) is 1. The monoisotopic (exact) mass is 233 g/mol. The molecule has 0 unspecified atom stereocenters. The predicted molar refractivity (Wildman–Crippen MR) is 52.0 cm³/mol. The molecule has 6 heteroatoms. The number of carbonyl (C=O) groups excluding carboxylic acids is 1. The van der Waals surface area contributed by atoms with E-state index < -0.39 is 6.36 Å². The second kappa shape index (κ2) is 4.87. The zero-order valence-electron chi connectivity index (χ0n) is 8.47. The van der Waals surface area contributed by atoms with E-state index in [9.17, 15) is 18.0 Å². The van der Waals surface area contributed by atoms with Crippen molar-refractivity contribution >= 4 is 11.6 Å². The molecule has 0 atom stereocenters. The van der Waals surface area contributed by atoms with Gasteiger partial charge in [0, 0.05) is 12.1 Å².